The van der Waals surface area contributed by atoms with Crippen LogP contribution in [0.5, 0.6) is 5.75 Å². The Morgan fingerprint density at radius 2 is 1.69 bits per heavy atom. The Labute approximate surface area is 174 Å². The number of carbonyl (C=O) groups is 3. The molecule has 0 spiro atoms. The van der Waals surface area contributed by atoms with Gasteiger partial charge in [0, 0.05) is 4.88 Å². The third kappa shape index (κ3) is 6.32. The van der Waals surface area contributed by atoms with Crippen LogP contribution < -0.4 is 10.1 Å². The third-order valence-electron chi connectivity index (χ3n) is 3.80. The maximum absolute atomic E-state index is 12.2. The summed E-state index contributed by atoms with van der Waals surface area (Å²) < 4.78 is 15.4. The van der Waals surface area contributed by atoms with Gasteiger partial charge in [0.05, 0.1) is 24.3 Å². The van der Waals surface area contributed by atoms with Gasteiger partial charge in [-0.15, -0.1) is 11.3 Å². The minimum absolute atomic E-state index is 0.191. The van der Waals surface area contributed by atoms with Crippen molar-refractivity contribution in [3.05, 3.63) is 46.3 Å². The van der Waals surface area contributed by atoms with Gasteiger partial charge < -0.3 is 19.5 Å². The van der Waals surface area contributed by atoms with Crippen LogP contribution in [0.15, 0.2) is 30.3 Å². The van der Waals surface area contributed by atoms with E-state index in [1.807, 2.05) is 20.8 Å². The van der Waals surface area contributed by atoms with E-state index < -0.39 is 24.5 Å². The van der Waals surface area contributed by atoms with Crippen LogP contribution in [0.2, 0.25) is 0 Å². The topological polar surface area (TPSA) is 90.9 Å². The van der Waals surface area contributed by atoms with E-state index in [4.69, 9.17) is 14.2 Å². The van der Waals surface area contributed by atoms with Crippen molar-refractivity contribution in [2.75, 3.05) is 25.1 Å². The Hall–Kier alpha value is -2.87. The minimum Gasteiger partial charge on any atom is -0.494 e. The van der Waals surface area contributed by atoms with Gasteiger partial charge >= 0.3 is 11.9 Å². The molecule has 7 nitrogen and oxygen atoms in total. The molecule has 1 N–H and O–H groups in total. The van der Waals surface area contributed by atoms with Gasteiger partial charge in [0.1, 0.15) is 10.8 Å². The molecule has 2 rings (SSSR count). The Morgan fingerprint density at radius 3 is 2.28 bits per heavy atom. The summed E-state index contributed by atoms with van der Waals surface area (Å²) in [6, 6.07) is 8.17. The fraction of sp³-hybridized carbons (Fsp3) is 0.381. The zero-order chi connectivity index (χ0) is 21.4. The number of nitrogens with one attached hydrogen (secondary N) is 1. The molecule has 1 heterocycles. The largest absolute Gasteiger partial charge is 0.494 e. The van der Waals surface area contributed by atoms with Crippen molar-refractivity contribution in [3.63, 3.8) is 0 Å². The molecule has 29 heavy (non-hydrogen) atoms. The maximum atomic E-state index is 12.2. The Balaban J connectivity index is 1.99. The molecule has 1 aromatic carbocycles. The number of benzene rings is 1. The predicted octanol–water partition coefficient (Wildman–Crippen LogP) is 4.24. The van der Waals surface area contributed by atoms with Crippen molar-refractivity contribution < 1.29 is 28.6 Å². The first-order valence-electron chi connectivity index (χ1n) is 9.36. The van der Waals surface area contributed by atoms with Gasteiger partial charge in [-0.2, -0.15) is 0 Å². The molecule has 156 valence electrons. The number of thiophene rings is 1. The van der Waals surface area contributed by atoms with Crippen LogP contribution in [0.3, 0.4) is 0 Å². The number of anilines is 1. The number of rotatable bonds is 9. The average Bonchev–Trinajstić information content (AvgIpc) is 3.11. The van der Waals surface area contributed by atoms with Gasteiger partial charge in [-0.3, -0.25) is 4.79 Å². The summed E-state index contributed by atoms with van der Waals surface area (Å²) in [7, 11) is 0. The van der Waals surface area contributed by atoms with Gasteiger partial charge in [-0.1, -0.05) is 13.8 Å². The second kappa shape index (κ2) is 10.6. The molecular formula is C21H25NO6S. The molecule has 1 aromatic heterocycles. The monoisotopic (exact) mass is 419 g/mol. The summed E-state index contributed by atoms with van der Waals surface area (Å²) in [4.78, 5) is 37.4. The SMILES string of the molecule is CCOC(=O)c1cc(C(C)C)sc1NC(=O)COC(=O)c1ccc(OCC)cc1. The molecule has 0 fully saturated rings. The van der Waals surface area contributed by atoms with Gasteiger partial charge in [0.15, 0.2) is 6.61 Å². The predicted molar refractivity (Wildman–Crippen MR) is 111 cm³/mol. The number of hydrogen-bond donors (Lipinski definition) is 1. The standard InChI is InChI=1S/C21H25NO6S/c1-5-26-15-9-7-14(8-10-15)20(24)28-12-18(23)22-19-16(21(25)27-6-2)11-17(29-19)13(3)4/h7-11,13H,5-6,12H2,1-4H3,(H,22,23). The average molecular weight is 419 g/mol. The van der Waals surface area contributed by atoms with Crippen LogP contribution in [0, 0.1) is 0 Å². The van der Waals surface area contributed by atoms with Crippen LogP contribution >= 0.6 is 11.3 Å². The van der Waals surface area contributed by atoms with Crippen LogP contribution in [0.1, 0.15) is 59.2 Å². The first-order chi connectivity index (χ1) is 13.8. The summed E-state index contributed by atoms with van der Waals surface area (Å²) in [5.41, 5.74) is 0.610. The van der Waals surface area contributed by atoms with Crippen molar-refractivity contribution in [3.8, 4) is 5.75 Å². The van der Waals surface area contributed by atoms with Crippen LogP contribution in [-0.2, 0) is 14.3 Å². The fourth-order valence-electron chi connectivity index (χ4n) is 2.38. The normalized spacial score (nSPS) is 10.5. The number of esters is 2. The number of carbonyl (C=O) groups excluding carboxylic acids is 3. The molecule has 0 saturated heterocycles. The van der Waals surface area contributed by atoms with Crippen LogP contribution in [0.25, 0.3) is 0 Å². The molecular weight excluding hydrogens is 394 g/mol. The van der Waals surface area contributed by atoms with Gasteiger partial charge in [-0.05, 0) is 50.1 Å². The zero-order valence-corrected chi connectivity index (χ0v) is 17.8. The Kier molecular flexibility index (Phi) is 8.21. The van der Waals surface area contributed by atoms with E-state index in [2.05, 4.69) is 5.32 Å². The van der Waals surface area contributed by atoms with Crippen LogP contribution in [-0.4, -0.2) is 37.7 Å². The molecule has 0 aliphatic heterocycles. The minimum atomic E-state index is -0.622. The van der Waals surface area contributed by atoms with Gasteiger partial charge in [0.2, 0.25) is 0 Å². The number of amides is 1. The third-order valence-corrected chi connectivity index (χ3v) is 5.15. The lowest BCUT2D eigenvalue weighted by Gasteiger charge is -2.08. The molecule has 0 aliphatic carbocycles. The molecule has 0 aliphatic rings. The van der Waals surface area contributed by atoms with E-state index in [9.17, 15) is 14.4 Å². The highest BCUT2D eigenvalue weighted by atomic mass is 32.1. The molecule has 8 heteroatoms. The lowest BCUT2D eigenvalue weighted by atomic mass is 10.1. The van der Waals surface area contributed by atoms with Crippen LogP contribution in [0.4, 0.5) is 5.00 Å². The zero-order valence-electron chi connectivity index (χ0n) is 16.9. The summed E-state index contributed by atoms with van der Waals surface area (Å²) in [6.45, 7) is 7.86. The second-order valence-corrected chi connectivity index (χ2v) is 7.43. The first kappa shape index (κ1) is 22.4. The molecule has 0 atom stereocenters. The smallest absolute Gasteiger partial charge is 0.341 e. The fourth-order valence-corrected chi connectivity index (χ4v) is 3.44. The quantitative estimate of drug-likeness (QED) is 0.611. The summed E-state index contributed by atoms with van der Waals surface area (Å²) >= 11 is 1.30. The molecule has 0 bridgehead atoms. The number of ether oxygens (including phenoxy) is 3. The molecule has 0 unspecified atom stereocenters. The van der Waals surface area contributed by atoms with Gasteiger partial charge in [0.25, 0.3) is 5.91 Å². The van der Waals surface area contributed by atoms with Crippen molar-refractivity contribution >= 4 is 34.2 Å². The van der Waals surface area contributed by atoms with Crippen molar-refractivity contribution in [2.24, 2.45) is 0 Å². The van der Waals surface area contributed by atoms with E-state index >= 15 is 0 Å². The highest BCUT2D eigenvalue weighted by Crippen LogP contribution is 2.33. The second-order valence-electron chi connectivity index (χ2n) is 6.35. The summed E-state index contributed by atoms with van der Waals surface area (Å²) in [5.74, 6) is -0.824. The Morgan fingerprint density at radius 1 is 1.00 bits per heavy atom. The molecule has 0 saturated carbocycles. The van der Waals surface area contributed by atoms with E-state index in [0.29, 0.717) is 28.5 Å². The van der Waals surface area contributed by atoms with E-state index in [0.717, 1.165) is 4.88 Å². The lowest BCUT2D eigenvalue weighted by molar-refractivity contribution is -0.119. The Bertz CT molecular complexity index is 857. The van der Waals surface area contributed by atoms with Gasteiger partial charge in [-0.25, -0.2) is 9.59 Å². The lowest BCUT2D eigenvalue weighted by Crippen LogP contribution is -2.21. The molecule has 0 radical (unpaired) electrons. The van der Waals surface area contributed by atoms with Crippen molar-refractivity contribution in [2.45, 2.75) is 33.6 Å². The first-order valence-corrected chi connectivity index (χ1v) is 10.2. The highest BCUT2D eigenvalue weighted by molar-refractivity contribution is 7.16. The van der Waals surface area contributed by atoms with E-state index in [1.54, 1.807) is 37.3 Å². The maximum Gasteiger partial charge on any atom is 0.341 e. The summed E-state index contributed by atoms with van der Waals surface area (Å²) in [6.07, 6.45) is 0. The summed E-state index contributed by atoms with van der Waals surface area (Å²) in [5, 5.41) is 3.02. The van der Waals surface area contributed by atoms with Crippen molar-refractivity contribution in [1.82, 2.24) is 0 Å². The highest BCUT2D eigenvalue weighted by Gasteiger charge is 2.21. The molecule has 2 aromatic rings. The molecule has 1 amide bonds. The number of hydrogen-bond acceptors (Lipinski definition) is 7. The van der Waals surface area contributed by atoms with Crippen molar-refractivity contribution in [1.29, 1.82) is 0 Å². The van der Waals surface area contributed by atoms with E-state index in [1.165, 1.54) is 11.3 Å². The van der Waals surface area contributed by atoms with E-state index in [-0.39, 0.29) is 12.5 Å².